The second-order valence-electron chi connectivity index (χ2n) is 3.07. The maximum Gasteiger partial charge on any atom is 0.344 e. The molecule has 0 saturated carbocycles. The first-order valence-electron chi connectivity index (χ1n) is 4.47. The van der Waals surface area contributed by atoms with Crippen molar-refractivity contribution in [3.63, 3.8) is 0 Å². The highest BCUT2D eigenvalue weighted by molar-refractivity contribution is 5.80. The molecule has 1 aromatic heterocycles. The van der Waals surface area contributed by atoms with E-state index < -0.39 is 17.4 Å². The minimum Gasteiger partial charge on any atom is -0.467 e. The third-order valence-corrected chi connectivity index (χ3v) is 2.19. The van der Waals surface area contributed by atoms with Crippen LogP contribution in [0, 0.1) is 5.82 Å². The number of carbonyl (C=O) groups is 1. The van der Waals surface area contributed by atoms with Gasteiger partial charge < -0.3 is 9.84 Å². The molecule has 1 atom stereocenters. The quantitative estimate of drug-likeness (QED) is 0.761. The number of aromatic nitrogens is 1. The van der Waals surface area contributed by atoms with Crippen molar-refractivity contribution >= 4 is 5.97 Å². The van der Waals surface area contributed by atoms with E-state index in [4.69, 9.17) is 0 Å². The van der Waals surface area contributed by atoms with Crippen LogP contribution in [0.3, 0.4) is 0 Å². The normalized spacial score (nSPS) is 14.4. The van der Waals surface area contributed by atoms with Gasteiger partial charge in [0.25, 0.3) is 0 Å². The van der Waals surface area contributed by atoms with Gasteiger partial charge in [-0.25, -0.2) is 9.18 Å². The zero-order valence-corrected chi connectivity index (χ0v) is 8.53. The lowest BCUT2D eigenvalue weighted by atomic mass is 9.96. The Balaban J connectivity index is 3.11. The largest absolute Gasteiger partial charge is 0.467 e. The van der Waals surface area contributed by atoms with Gasteiger partial charge in [0.05, 0.1) is 19.0 Å². The minimum absolute atomic E-state index is 0.0817. The molecular formula is C10H12FNO3. The SMILES string of the molecule is CCC(O)(C(=O)OC)c1ccc(F)cn1. The molecular weight excluding hydrogens is 201 g/mol. The number of ether oxygens (including phenoxy) is 1. The molecule has 0 bridgehead atoms. The fourth-order valence-corrected chi connectivity index (χ4v) is 1.22. The third kappa shape index (κ3) is 2.12. The highest BCUT2D eigenvalue weighted by atomic mass is 19.1. The summed E-state index contributed by atoms with van der Waals surface area (Å²) < 4.78 is 17.1. The first-order chi connectivity index (χ1) is 7.04. The molecule has 1 unspecified atom stereocenters. The van der Waals surface area contributed by atoms with Crippen molar-refractivity contribution in [3.8, 4) is 0 Å². The molecule has 1 rings (SSSR count). The molecule has 0 spiro atoms. The molecule has 0 aliphatic heterocycles. The molecule has 0 saturated heterocycles. The first kappa shape index (κ1) is 11.6. The van der Waals surface area contributed by atoms with Gasteiger partial charge in [0.15, 0.2) is 0 Å². The van der Waals surface area contributed by atoms with Crippen LogP contribution in [0.5, 0.6) is 0 Å². The third-order valence-electron chi connectivity index (χ3n) is 2.19. The standard InChI is InChI=1S/C10H12FNO3/c1-3-10(14,9(13)15-2)8-5-4-7(11)6-12-8/h4-6,14H,3H2,1-2H3. The van der Waals surface area contributed by atoms with Gasteiger partial charge in [0.1, 0.15) is 5.82 Å². The van der Waals surface area contributed by atoms with Gasteiger partial charge in [-0.2, -0.15) is 0 Å². The Morgan fingerprint density at radius 2 is 2.33 bits per heavy atom. The lowest BCUT2D eigenvalue weighted by Gasteiger charge is -2.22. The summed E-state index contributed by atoms with van der Waals surface area (Å²) in [5.74, 6) is -1.33. The lowest BCUT2D eigenvalue weighted by Crippen LogP contribution is -2.37. The summed E-state index contributed by atoms with van der Waals surface area (Å²) in [4.78, 5) is 15.0. The highest BCUT2D eigenvalue weighted by Gasteiger charge is 2.38. The van der Waals surface area contributed by atoms with Crippen LogP contribution in [0.2, 0.25) is 0 Å². The van der Waals surface area contributed by atoms with Gasteiger partial charge >= 0.3 is 5.97 Å². The topological polar surface area (TPSA) is 59.4 Å². The summed E-state index contributed by atoms with van der Waals surface area (Å²) in [6, 6.07) is 2.39. The second-order valence-corrected chi connectivity index (χ2v) is 3.07. The van der Waals surface area contributed by atoms with E-state index in [2.05, 4.69) is 9.72 Å². The minimum atomic E-state index is -1.80. The number of rotatable bonds is 3. The molecule has 0 aliphatic carbocycles. The first-order valence-corrected chi connectivity index (χ1v) is 4.47. The molecule has 0 aliphatic rings. The summed E-state index contributed by atoms with van der Waals surface area (Å²) in [5, 5.41) is 9.99. The average Bonchev–Trinajstić information content (AvgIpc) is 2.27. The van der Waals surface area contributed by atoms with Gasteiger partial charge in [-0.05, 0) is 18.6 Å². The lowest BCUT2D eigenvalue weighted by molar-refractivity contribution is -0.164. The Hall–Kier alpha value is -1.49. The summed E-state index contributed by atoms with van der Waals surface area (Å²) in [7, 11) is 1.17. The Kier molecular flexibility index (Phi) is 3.36. The Bertz CT molecular complexity index is 352. The second kappa shape index (κ2) is 4.35. The van der Waals surface area contributed by atoms with E-state index in [1.807, 2.05) is 0 Å². The number of pyridine rings is 1. The zero-order chi connectivity index (χ0) is 11.5. The van der Waals surface area contributed by atoms with Crippen molar-refractivity contribution in [2.75, 3.05) is 7.11 Å². The summed E-state index contributed by atoms with van der Waals surface area (Å²) in [5.41, 5.74) is -1.72. The van der Waals surface area contributed by atoms with Crippen molar-refractivity contribution in [1.29, 1.82) is 0 Å². The molecule has 1 heterocycles. The molecule has 0 fully saturated rings. The predicted octanol–water partition coefficient (Wildman–Crippen LogP) is 0.991. The molecule has 4 nitrogen and oxygen atoms in total. The number of methoxy groups -OCH3 is 1. The predicted molar refractivity (Wildman–Crippen MR) is 50.4 cm³/mol. The summed E-state index contributed by atoms with van der Waals surface area (Å²) >= 11 is 0. The Labute approximate surface area is 86.7 Å². The fraction of sp³-hybridized carbons (Fsp3) is 0.400. The van der Waals surface area contributed by atoms with Gasteiger partial charge in [-0.3, -0.25) is 4.98 Å². The number of carbonyl (C=O) groups excluding carboxylic acids is 1. The van der Waals surface area contributed by atoms with Gasteiger partial charge in [0.2, 0.25) is 5.60 Å². The van der Waals surface area contributed by atoms with Crippen LogP contribution in [0.4, 0.5) is 4.39 Å². The van der Waals surface area contributed by atoms with Gasteiger partial charge in [-0.15, -0.1) is 0 Å². The van der Waals surface area contributed by atoms with Crippen molar-refractivity contribution in [2.45, 2.75) is 18.9 Å². The van der Waals surface area contributed by atoms with E-state index in [-0.39, 0.29) is 12.1 Å². The molecule has 1 N–H and O–H groups in total. The highest BCUT2D eigenvalue weighted by Crippen LogP contribution is 2.24. The van der Waals surface area contributed by atoms with Gasteiger partial charge in [0, 0.05) is 0 Å². The molecule has 5 heteroatoms. The number of esters is 1. The number of aliphatic hydroxyl groups is 1. The van der Waals surface area contributed by atoms with E-state index >= 15 is 0 Å². The van der Waals surface area contributed by atoms with Crippen LogP contribution in [0.15, 0.2) is 18.3 Å². The molecule has 15 heavy (non-hydrogen) atoms. The molecule has 0 amide bonds. The number of nitrogens with zero attached hydrogens (tertiary/aromatic N) is 1. The van der Waals surface area contributed by atoms with Crippen LogP contribution in [-0.4, -0.2) is 23.2 Å². The summed E-state index contributed by atoms with van der Waals surface area (Å²) in [6.45, 7) is 1.61. The van der Waals surface area contributed by atoms with Crippen molar-refractivity contribution in [2.24, 2.45) is 0 Å². The molecule has 0 aromatic carbocycles. The average molecular weight is 213 g/mol. The van der Waals surface area contributed by atoms with Crippen LogP contribution >= 0.6 is 0 Å². The van der Waals surface area contributed by atoms with E-state index in [1.54, 1.807) is 6.92 Å². The van der Waals surface area contributed by atoms with Crippen LogP contribution in [0.1, 0.15) is 19.0 Å². The molecule has 1 aromatic rings. The fourth-order valence-electron chi connectivity index (χ4n) is 1.22. The molecule has 82 valence electrons. The van der Waals surface area contributed by atoms with Crippen molar-refractivity contribution in [3.05, 3.63) is 29.8 Å². The monoisotopic (exact) mass is 213 g/mol. The van der Waals surface area contributed by atoms with E-state index in [0.717, 1.165) is 12.3 Å². The van der Waals surface area contributed by atoms with E-state index in [9.17, 15) is 14.3 Å². The number of hydrogen-bond donors (Lipinski definition) is 1. The van der Waals surface area contributed by atoms with E-state index in [0.29, 0.717) is 0 Å². The van der Waals surface area contributed by atoms with Crippen molar-refractivity contribution in [1.82, 2.24) is 4.98 Å². The zero-order valence-electron chi connectivity index (χ0n) is 8.53. The maximum absolute atomic E-state index is 12.6. The Morgan fingerprint density at radius 1 is 1.67 bits per heavy atom. The molecule has 0 radical (unpaired) electrons. The van der Waals surface area contributed by atoms with Gasteiger partial charge in [-0.1, -0.05) is 6.92 Å². The van der Waals surface area contributed by atoms with Crippen LogP contribution in [-0.2, 0) is 15.1 Å². The smallest absolute Gasteiger partial charge is 0.344 e. The summed E-state index contributed by atoms with van der Waals surface area (Å²) in [6.07, 6.45) is 1.05. The maximum atomic E-state index is 12.6. The van der Waals surface area contributed by atoms with E-state index in [1.165, 1.54) is 13.2 Å². The Morgan fingerprint density at radius 3 is 2.73 bits per heavy atom. The van der Waals surface area contributed by atoms with Crippen LogP contribution in [0.25, 0.3) is 0 Å². The number of hydrogen-bond acceptors (Lipinski definition) is 4. The number of halogens is 1. The van der Waals surface area contributed by atoms with Crippen molar-refractivity contribution < 1.29 is 19.0 Å². The van der Waals surface area contributed by atoms with Crippen LogP contribution < -0.4 is 0 Å².